The average Bonchev–Trinajstić information content (AvgIpc) is 2.35. The van der Waals surface area contributed by atoms with Gasteiger partial charge in [0.25, 0.3) is 0 Å². The van der Waals surface area contributed by atoms with Crippen LogP contribution in [0.25, 0.3) is 0 Å². The maximum atomic E-state index is 13.6. The fourth-order valence-corrected chi connectivity index (χ4v) is 1.78. The van der Waals surface area contributed by atoms with Crippen molar-refractivity contribution in [3.8, 4) is 11.5 Å². The molecule has 0 spiro atoms. The minimum atomic E-state index is -1.11. The van der Waals surface area contributed by atoms with E-state index in [0.717, 1.165) is 5.56 Å². The molecule has 96 valence electrons. The summed E-state index contributed by atoms with van der Waals surface area (Å²) in [5.41, 5.74) is 1.28. The number of hydrogen-bond donors (Lipinski definition) is 1. The van der Waals surface area contributed by atoms with Gasteiger partial charge >= 0.3 is 0 Å². The van der Waals surface area contributed by atoms with Crippen LogP contribution in [0.3, 0.4) is 0 Å². The number of methoxy groups -OCH3 is 2. The molecule has 1 aromatic rings. The molecule has 0 amide bonds. The molecule has 2 unspecified atom stereocenters. The molecule has 0 aliphatic heterocycles. The predicted octanol–water partition coefficient (Wildman–Crippen LogP) is 2.83. The Balaban J connectivity index is 3.34. The molecular formula is C13H19FO3. The molecule has 0 fully saturated rings. The van der Waals surface area contributed by atoms with Crippen LogP contribution in [0, 0.1) is 0 Å². The van der Waals surface area contributed by atoms with Crippen LogP contribution in [0.15, 0.2) is 12.1 Å². The quantitative estimate of drug-likeness (QED) is 0.862. The van der Waals surface area contributed by atoms with Crippen molar-refractivity contribution in [1.82, 2.24) is 0 Å². The van der Waals surface area contributed by atoms with Gasteiger partial charge in [0.05, 0.1) is 14.2 Å². The van der Waals surface area contributed by atoms with Crippen LogP contribution < -0.4 is 9.47 Å². The average molecular weight is 242 g/mol. The first kappa shape index (κ1) is 13.8. The summed E-state index contributed by atoms with van der Waals surface area (Å²) in [6.07, 6.45) is -1.11. The summed E-state index contributed by atoms with van der Waals surface area (Å²) in [7, 11) is 3.05. The van der Waals surface area contributed by atoms with Gasteiger partial charge in [0.2, 0.25) is 0 Å². The highest BCUT2D eigenvalue weighted by molar-refractivity contribution is 5.49. The summed E-state index contributed by atoms with van der Waals surface area (Å²) in [6.45, 7) is 3.27. The summed E-state index contributed by atoms with van der Waals surface area (Å²) in [5, 5.41) is 9.19. The van der Waals surface area contributed by atoms with Gasteiger partial charge in [0.15, 0.2) is 11.5 Å². The molecular weight excluding hydrogens is 223 g/mol. The molecule has 1 rings (SSSR count). The molecule has 0 aliphatic rings. The molecule has 4 heteroatoms. The Kier molecular flexibility index (Phi) is 4.75. The minimum absolute atomic E-state index is 0.0325. The van der Waals surface area contributed by atoms with Crippen molar-refractivity contribution >= 4 is 0 Å². The molecule has 1 N–H and O–H groups in total. The van der Waals surface area contributed by atoms with E-state index in [1.54, 1.807) is 12.1 Å². The van der Waals surface area contributed by atoms with Gasteiger partial charge in [-0.15, -0.1) is 0 Å². The maximum Gasteiger partial charge on any atom is 0.161 e. The summed E-state index contributed by atoms with van der Waals surface area (Å²) >= 11 is 0. The van der Waals surface area contributed by atoms with E-state index in [2.05, 4.69) is 0 Å². The molecule has 3 nitrogen and oxygen atoms in total. The normalized spacial score (nSPS) is 14.2. The fourth-order valence-electron chi connectivity index (χ4n) is 1.78. The zero-order valence-electron chi connectivity index (χ0n) is 10.7. The highest BCUT2D eigenvalue weighted by atomic mass is 19.1. The van der Waals surface area contributed by atoms with Gasteiger partial charge in [0.1, 0.15) is 6.17 Å². The molecule has 0 radical (unpaired) electrons. The molecule has 17 heavy (non-hydrogen) atoms. The van der Waals surface area contributed by atoms with Crippen molar-refractivity contribution in [2.75, 3.05) is 20.8 Å². The topological polar surface area (TPSA) is 38.7 Å². The molecule has 0 saturated carbocycles. The third-order valence-electron chi connectivity index (χ3n) is 2.82. The third-order valence-corrected chi connectivity index (χ3v) is 2.82. The summed E-state index contributed by atoms with van der Waals surface area (Å²) in [6, 6.07) is 3.36. The Morgan fingerprint density at radius 1 is 1.12 bits per heavy atom. The molecule has 0 aromatic heterocycles. The van der Waals surface area contributed by atoms with Gasteiger partial charge < -0.3 is 14.6 Å². The van der Waals surface area contributed by atoms with E-state index in [1.165, 1.54) is 21.1 Å². The maximum absolute atomic E-state index is 13.6. The highest BCUT2D eigenvalue weighted by Crippen LogP contribution is 2.37. The van der Waals surface area contributed by atoms with Gasteiger partial charge in [-0.05, 0) is 30.2 Å². The summed E-state index contributed by atoms with van der Waals surface area (Å²) in [4.78, 5) is 0. The molecule has 0 aliphatic carbocycles. The van der Waals surface area contributed by atoms with E-state index in [9.17, 15) is 9.50 Å². The zero-order chi connectivity index (χ0) is 13.0. The molecule has 0 saturated heterocycles. The lowest BCUT2D eigenvalue weighted by Crippen LogP contribution is -2.06. The van der Waals surface area contributed by atoms with Crippen molar-refractivity contribution in [3.63, 3.8) is 0 Å². The van der Waals surface area contributed by atoms with Crippen molar-refractivity contribution in [2.24, 2.45) is 0 Å². The Labute approximate surface area is 101 Å². The number of benzene rings is 1. The van der Waals surface area contributed by atoms with Gasteiger partial charge in [-0.1, -0.05) is 6.92 Å². The Morgan fingerprint density at radius 2 is 1.59 bits per heavy atom. The zero-order valence-corrected chi connectivity index (χ0v) is 10.7. The monoisotopic (exact) mass is 242 g/mol. The second-order valence-electron chi connectivity index (χ2n) is 4.04. The smallest absolute Gasteiger partial charge is 0.161 e. The number of aliphatic hydroxyl groups is 1. The van der Waals surface area contributed by atoms with Crippen molar-refractivity contribution in [3.05, 3.63) is 23.3 Å². The van der Waals surface area contributed by atoms with E-state index in [1.807, 2.05) is 6.92 Å². The van der Waals surface area contributed by atoms with Crippen molar-refractivity contribution in [1.29, 1.82) is 0 Å². The van der Waals surface area contributed by atoms with Crippen LogP contribution in [0.1, 0.15) is 37.1 Å². The van der Waals surface area contributed by atoms with Crippen LogP contribution in [-0.2, 0) is 0 Å². The standard InChI is InChI=1S/C13H19FO3/c1-8(7-15)10-5-12(16-3)13(17-4)6-11(10)9(2)14/h5-6,8-9,15H,7H2,1-4H3. The molecule has 0 bridgehead atoms. The van der Waals surface area contributed by atoms with Crippen LogP contribution >= 0.6 is 0 Å². The molecule has 2 atom stereocenters. The minimum Gasteiger partial charge on any atom is -0.493 e. The number of aliphatic hydroxyl groups excluding tert-OH is 1. The van der Waals surface area contributed by atoms with Crippen LogP contribution in [0.4, 0.5) is 4.39 Å². The third kappa shape index (κ3) is 2.88. The van der Waals surface area contributed by atoms with Crippen LogP contribution in [-0.4, -0.2) is 25.9 Å². The van der Waals surface area contributed by atoms with Crippen molar-refractivity contribution in [2.45, 2.75) is 25.9 Å². The SMILES string of the molecule is COc1cc(C(C)F)c(C(C)CO)cc1OC. The predicted molar refractivity (Wildman–Crippen MR) is 64.6 cm³/mol. The van der Waals surface area contributed by atoms with Gasteiger partial charge in [-0.25, -0.2) is 4.39 Å². The Bertz CT molecular complexity index is 377. The fraction of sp³-hybridized carbons (Fsp3) is 0.538. The Morgan fingerprint density at radius 3 is 1.94 bits per heavy atom. The second-order valence-corrected chi connectivity index (χ2v) is 4.04. The first-order valence-corrected chi connectivity index (χ1v) is 5.55. The van der Waals surface area contributed by atoms with Crippen molar-refractivity contribution < 1.29 is 19.0 Å². The largest absolute Gasteiger partial charge is 0.493 e. The second kappa shape index (κ2) is 5.87. The van der Waals surface area contributed by atoms with Crippen LogP contribution in [0.2, 0.25) is 0 Å². The molecule has 1 aromatic carbocycles. The number of rotatable bonds is 5. The number of hydrogen-bond acceptors (Lipinski definition) is 3. The Hall–Kier alpha value is -1.29. The molecule has 0 heterocycles. The summed E-state index contributed by atoms with van der Waals surface area (Å²) < 4.78 is 23.9. The van der Waals surface area contributed by atoms with E-state index in [0.29, 0.717) is 17.1 Å². The van der Waals surface area contributed by atoms with Gasteiger partial charge in [-0.2, -0.15) is 0 Å². The lowest BCUT2D eigenvalue weighted by molar-refractivity contribution is 0.269. The summed E-state index contributed by atoms with van der Waals surface area (Å²) in [5.74, 6) is 0.913. The lowest BCUT2D eigenvalue weighted by atomic mass is 9.93. The first-order chi connectivity index (χ1) is 8.04. The van der Waals surface area contributed by atoms with Crippen LogP contribution in [0.5, 0.6) is 11.5 Å². The van der Waals surface area contributed by atoms with Gasteiger partial charge in [0, 0.05) is 12.5 Å². The van der Waals surface area contributed by atoms with E-state index in [-0.39, 0.29) is 12.5 Å². The van der Waals surface area contributed by atoms with E-state index >= 15 is 0 Å². The number of halogens is 1. The number of ether oxygens (including phenoxy) is 2. The van der Waals surface area contributed by atoms with Gasteiger partial charge in [-0.3, -0.25) is 0 Å². The van der Waals surface area contributed by atoms with E-state index in [4.69, 9.17) is 9.47 Å². The highest BCUT2D eigenvalue weighted by Gasteiger charge is 2.18. The van der Waals surface area contributed by atoms with E-state index < -0.39 is 6.17 Å². The first-order valence-electron chi connectivity index (χ1n) is 5.55. The lowest BCUT2D eigenvalue weighted by Gasteiger charge is -2.19. The number of alkyl halides is 1.